The second-order valence-electron chi connectivity index (χ2n) is 5.19. The monoisotopic (exact) mass is 507 g/mol. The summed E-state index contributed by atoms with van der Waals surface area (Å²) in [6, 6.07) is 5.99. The molecule has 24 heavy (non-hydrogen) atoms. The van der Waals surface area contributed by atoms with Crippen LogP contribution in [0.15, 0.2) is 40.1 Å². The summed E-state index contributed by atoms with van der Waals surface area (Å²) in [5.74, 6) is 1.44. The van der Waals surface area contributed by atoms with Crippen molar-refractivity contribution in [1.82, 2.24) is 19.8 Å². The number of aliphatic imine (C=N–C) groups is 1. The van der Waals surface area contributed by atoms with Crippen molar-refractivity contribution in [1.29, 1.82) is 0 Å². The zero-order valence-electron chi connectivity index (χ0n) is 14.3. The van der Waals surface area contributed by atoms with Crippen LogP contribution in [0.3, 0.4) is 0 Å². The van der Waals surface area contributed by atoms with Gasteiger partial charge in [-0.3, -0.25) is 4.99 Å². The second kappa shape index (κ2) is 9.87. The Labute approximate surface area is 168 Å². The van der Waals surface area contributed by atoms with Gasteiger partial charge >= 0.3 is 0 Å². The van der Waals surface area contributed by atoms with Crippen molar-refractivity contribution in [2.75, 3.05) is 21.2 Å². The quantitative estimate of drug-likeness (QED) is 0.384. The predicted octanol–water partition coefficient (Wildman–Crippen LogP) is 3.02. The molecule has 8 heteroatoms. The molecule has 0 unspecified atom stereocenters. The van der Waals surface area contributed by atoms with Gasteiger partial charge in [0.2, 0.25) is 5.88 Å². The molecule has 132 valence electrons. The Hall–Kier alpha value is -1.29. The first-order valence-electron chi connectivity index (χ1n) is 7.25. The normalized spacial score (nSPS) is 11.0. The fraction of sp³-hybridized carbons (Fsp3) is 0.375. The number of hydrogen-bond donors (Lipinski definition) is 1. The van der Waals surface area contributed by atoms with Gasteiger partial charge in [-0.1, -0.05) is 6.07 Å². The van der Waals surface area contributed by atoms with Gasteiger partial charge in [0.25, 0.3) is 0 Å². The minimum Gasteiger partial charge on any atom is -0.481 e. The molecule has 0 aliphatic heterocycles. The van der Waals surface area contributed by atoms with Gasteiger partial charge in [-0.05, 0) is 28.1 Å². The van der Waals surface area contributed by atoms with Gasteiger partial charge in [-0.25, -0.2) is 4.98 Å². The third kappa shape index (κ3) is 5.37. The molecule has 0 aromatic carbocycles. The van der Waals surface area contributed by atoms with E-state index in [9.17, 15) is 0 Å². The maximum Gasteiger partial charge on any atom is 0.218 e. The Kier molecular flexibility index (Phi) is 8.54. The molecular weight excluding hydrogens is 485 g/mol. The first kappa shape index (κ1) is 20.8. The number of methoxy groups -OCH3 is 1. The number of ether oxygens (including phenoxy) is 1. The molecule has 6 nitrogen and oxygen atoms in total. The van der Waals surface area contributed by atoms with E-state index in [1.807, 2.05) is 32.4 Å². The number of guanidine groups is 1. The van der Waals surface area contributed by atoms with E-state index in [0.29, 0.717) is 12.4 Å². The van der Waals surface area contributed by atoms with Gasteiger partial charge in [0.1, 0.15) is 0 Å². The molecular formula is C16H23BrIN5O. The van der Waals surface area contributed by atoms with E-state index >= 15 is 0 Å². The minimum atomic E-state index is 0. The summed E-state index contributed by atoms with van der Waals surface area (Å²) in [6.45, 7) is 1.36. The van der Waals surface area contributed by atoms with Gasteiger partial charge < -0.3 is 19.5 Å². The van der Waals surface area contributed by atoms with E-state index in [4.69, 9.17) is 4.74 Å². The fourth-order valence-electron chi connectivity index (χ4n) is 2.34. The molecule has 0 spiro atoms. The summed E-state index contributed by atoms with van der Waals surface area (Å²) in [5.41, 5.74) is 2.19. The lowest BCUT2D eigenvalue weighted by Gasteiger charge is -2.22. The number of aryl methyl sites for hydroxylation is 1. The van der Waals surface area contributed by atoms with Crippen LogP contribution in [0.5, 0.6) is 5.88 Å². The summed E-state index contributed by atoms with van der Waals surface area (Å²) in [4.78, 5) is 10.6. The molecule has 2 aromatic rings. The van der Waals surface area contributed by atoms with Crippen LogP contribution in [-0.2, 0) is 20.1 Å². The number of halogens is 2. The maximum atomic E-state index is 5.27. The van der Waals surface area contributed by atoms with Crippen LogP contribution >= 0.6 is 39.9 Å². The number of aromatic nitrogens is 2. The highest BCUT2D eigenvalue weighted by molar-refractivity contribution is 14.0. The van der Waals surface area contributed by atoms with Crippen LogP contribution in [0.1, 0.15) is 11.3 Å². The summed E-state index contributed by atoms with van der Waals surface area (Å²) < 4.78 is 8.44. The molecule has 0 bridgehead atoms. The van der Waals surface area contributed by atoms with Gasteiger partial charge in [0.15, 0.2) is 5.96 Å². The van der Waals surface area contributed by atoms with Gasteiger partial charge in [-0.2, -0.15) is 0 Å². The van der Waals surface area contributed by atoms with Crippen LogP contribution in [-0.4, -0.2) is 41.6 Å². The van der Waals surface area contributed by atoms with Gasteiger partial charge in [0, 0.05) is 55.8 Å². The average molecular weight is 508 g/mol. The third-order valence-corrected chi connectivity index (χ3v) is 3.96. The van der Waals surface area contributed by atoms with E-state index in [-0.39, 0.29) is 24.0 Å². The summed E-state index contributed by atoms with van der Waals surface area (Å²) >= 11 is 3.50. The topological polar surface area (TPSA) is 54.7 Å². The van der Waals surface area contributed by atoms with Crippen molar-refractivity contribution in [3.63, 3.8) is 0 Å². The van der Waals surface area contributed by atoms with E-state index < -0.39 is 0 Å². The Morgan fingerprint density at radius 3 is 2.83 bits per heavy atom. The smallest absolute Gasteiger partial charge is 0.218 e. The highest BCUT2D eigenvalue weighted by atomic mass is 127. The number of nitrogens with one attached hydrogen (secondary N) is 1. The van der Waals surface area contributed by atoms with E-state index in [1.54, 1.807) is 20.4 Å². The average Bonchev–Trinajstić information content (AvgIpc) is 2.85. The third-order valence-electron chi connectivity index (χ3n) is 3.53. The Morgan fingerprint density at radius 1 is 1.50 bits per heavy atom. The molecule has 0 fully saturated rings. The molecule has 0 amide bonds. The SMILES string of the molecule is CN=C(NCc1cccnc1OC)N(C)Cc1cc(Br)cn1C.I. The molecule has 0 radical (unpaired) electrons. The maximum absolute atomic E-state index is 5.27. The van der Waals surface area contributed by atoms with Gasteiger partial charge in [0.05, 0.1) is 13.7 Å². The molecule has 1 N–H and O–H groups in total. The molecule has 0 atom stereocenters. The lowest BCUT2D eigenvalue weighted by molar-refractivity contribution is 0.391. The summed E-state index contributed by atoms with van der Waals surface area (Å²) in [6.07, 6.45) is 3.76. The fourth-order valence-corrected chi connectivity index (χ4v) is 2.91. The van der Waals surface area contributed by atoms with Crippen LogP contribution in [0.4, 0.5) is 0 Å². The van der Waals surface area contributed by atoms with Crippen molar-refractivity contribution in [2.45, 2.75) is 13.1 Å². The Bertz CT molecular complexity index is 689. The molecule has 2 heterocycles. The largest absolute Gasteiger partial charge is 0.481 e. The Balaban J connectivity index is 0.00000288. The molecule has 0 saturated carbocycles. The number of rotatable bonds is 5. The zero-order chi connectivity index (χ0) is 16.8. The lowest BCUT2D eigenvalue weighted by atomic mass is 10.2. The number of nitrogens with zero attached hydrogens (tertiary/aromatic N) is 4. The molecule has 2 aromatic heterocycles. The number of hydrogen-bond acceptors (Lipinski definition) is 3. The van der Waals surface area contributed by atoms with Crippen LogP contribution < -0.4 is 10.1 Å². The van der Waals surface area contributed by atoms with Crippen molar-refractivity contribution >= 4 is 45.9 Å². The summed E-state index contributed by atoms with van der Waals surface area (Å²) in [7, 11) is 7.45. The van der Waals surface area contributed by atoms with Crippen molar-refractivity contribution < 1.29 is 4.74 Å². The van der Waals surface area contributed by atoms with Crippen molar-refractivity contribution in [3.8, 4) is 5.88 Å². The zero-order valence-corrected chi connectivity index (χ0v) is 18.2. The van der Waals surface area contributed by atoms with Crippen molar-refractivity contribution in [3.05, 3.63) is 46.3 Å². The standard InChI is InChI=1S/C16H22BrN5O.HI/c1-18-16(20-9-12-6-5-7-19-15(12)23-4)22(3)11-14-8-13(17)10-21(14)2;/h5-8,10H,9,11H2,1-4H3,(H,18,20);1H. The molecule has 0 aliphatic rings. The van der Waals surface area contributed by atoms with Gasteiger partial charge in [-0.15, -0.1) is 24.0 Å². The van der Waals surface area contributed by atoms with Crippen LogP contribution in [0.2, 0.25) is 0 Å². The molecule has 0 aliphatic carbocycles. The summed E-state index contributed by atoms with van der Waals surface area (Å²) in [5, 5.41) is 3.34. The predicted molar refractivity (Wildman–Crippen MR) is 111 cm³/mol. The highest BCUT2D eigenvalue weighted by Gasteiger charge is 2.11. The Morgan fingerprint density at radius 2 is 2.25 bits per heavy atom. The molecule has 0 saturated heterocycles. The van der Waals surface area contributed by atoms with E-state index in [1.165, 1.54) is 5.69 Å². The first-order valence-corrected chi connectivity index (χ1v) is 8.05. The van der Waals surface area contributed by atoms with Crippen LogP contribution in [0, 0.1) is 0 Å². The highest BCUT2D eigenvalue weighted by Crippen LogP contribution is 2.15. The molecule has 2 rings (SSSR count). The minimum absolute atomic E-state index is 0. The number of pyridine rings is 1. The lowest BCUT2D eigenvalue weighted by Crippen LogP contribution is -2.38. The second-order valence-corrected chi connectivity index (χ2v) is 6.10. The van der Waals surface area contributed by atoms with Crippen molar-refractivity contribution in [2.24, 2.45) is 12.0 Å². The van der Waals surface area contributed by atoms with Crippen LogP contribution in [0.25, 0.3) is 0 Å². The first-order chi connectivity index (χ1) is 11.0. The van der Waals surface area contributed by atoms with E-state index in [2.05, 4.69) is 46.8 Å². The van der Waals surface area contributed by atoms with E-state index in [0.717, 1.165) is 22.5 Å².